The van der Waals surface area contributed by atoms with Gasteiger partial charge in [-0.05, 0) is 62.4 Å². The third-order valence-corrected chi connectivity index (χ3v) is 6.30. The molecule has 0 aliphatic heterocycles. The second kappa shape index (κ2) is 6.53. The number of rotatable bonds is 3. The summed E-state index contributed by atoms with van der Waals surface area (Å²) in [4.78, 5) is 6.07. The Morgan fingerprint density at radius 2 is 1.74 bits per heavy atom. The molecule has 2 N–H and O–H groups in total. The third kappa shape index (κ3) is 3.37. The number of fused-ring (bicyclic) bond motifs is 3. The first-order valence-electron chi connectivity index (χ1n) is 9.10. The molecular weight excluding hydrogens is 358 g/mol. The van der Waals surface area contributed by atoms with E-state index in [-0.39, 0.29) is 4.90 Å². The first-order valence-corrected chi connectivity index (χ1v) is 10.6. The van der Waals surface area contributed by atoms with Gasteiger partial charge < -0.3 is 4.98 Å². The van der Waals surface area contributed by atoms with Crippen LogP contribution in [-0.2, 0) is 16.4 Å². The van der Waals surface area contributed by atoms with Crippen molar-refractivity contribution >= 4 is 26.6 Å². The van der Waals surface area contributed by atoms with Crippen molar-refractivity contribution in [1.29, 1.82) is 0 Å². The first-order chi connectivity index (χ1) is 12.8. The standard InChI is InChI=1S/C21H23N3O2S/c1-13-4-7-16(8-5-13)27(25,26)24-23-20-12-15(3)11-18-17-10-14(2)6-9-19(17)22-21(18)20/h4-10,15,22,24H,11-12H2,1-3H3/b23-20-. The predicted octanol–water partition coefficient (Wildman–Crippen LogP) is 4.05. The van der Waals surface area contributed by atoms with Crippen LogP contribution in [0.3, 0.4) is 0 Å². The van der Waals surface area contributed by atoms with Crippen LogP contribution in [0.25, 0.3) is 10.9 Å². The fraction of sp³-hybridized carbons (Fsp3) is 0.286. The van der Waals surface area contributed by atoms with Crippen molar-refractivity contribution in [3.63, 3.8) is 0 Å². The van der Waals surface area contributed by atoms with Gasteiger partial charge in [0.25, 0.3) is 10.0 Å². The molecule has 6 heteroatoms. The Morgan fingerprint density at radius 1 is 1.04 bits per heavy atom. The van der Waals surface area contributed by atoms with Crippen molar-refractivity contribution < 1.29 is 8.42 Å². The van der Waals surface area contributed by atoms with Crippen LogP contribution in [0.5, 0.6) is 0 Å². The monoisotopic (exact) mass is 381 g/mol. The van der Waals surface area contributed by atoms with Gasteiger partial charge in [-0.2, -0.15) is 18.4 Å². The van der Waals surface area contributed by atoms with Crippen molar-refractivity contribution in [2.24, 2.45) is 11.0 Å². The van der Waals surface area contributed by atoms with Gasteiger partial charge in [-0.3, -0.25) is 0 Å². The van der Waals surface area contributed by atoms with Crippen molar-refractivity contribution in [2.75, 3.05) is 0 Å². The number of nitrogens with zero attached hydrogens (tertiary/aromatic N) is 1. The molecule has 1 aliphatic rings. The van der Waals surface area contributed by atoms with E-state index in [2.05, 4.69) is 47.0 Å². The van der Waals surface area contributed by atoms with E-state index in [0.29, 0.717) is 5.92 Å². The fourth-order valence-corrected chi connectivity index (χ4v) is 4.49. The van der Waals surface area contributed by atoms with Gasteiger partial charge in [0.1, 0.15) is 0 Å². The summed E-state index contributed by atoms with van der Waals surface area (Å²) in [6, 6.07) is 13.1. The summed E-state index contributed by atoms with van der Waals surface area (Å²) < 4.78 is 25.1. The summed E-state index contributed by atoms with van der Waals surface area (Å²) in [5.41, 5.74) is 6.21. The molecule has 0 fully saturated rings. The SMILES string of the molecule is Cc1ccc(S(=O)(=O)N/N=C2/CC(C)Cc3c2[nH]c2ccc(C)cc32)cc1. The Hall–Kier alpha value is -2.60. The smallest absolute Gasteiger partial charge is 0.276 e. The van der Waals surface area contributed by atoms with Crippen LogP contribution in [0.15, 0.2) is 52.5 Å². The Kier molecular flexibility index (Phi) is 4.30. The summed E-state index contributed by atoms with van der Waals surface area (Å²) in [6.07, 6.45) is 1.69. The molecule has 1 aliphatic carbocycles. The molecule has 2 aromatic carbocycles. The highest BCUT2D eigenvalue weighted by molar-refractivity contribution is 7.89. The van der Waals surface area contributed by atoms with Crippen LogP contribution in [0.4, 0.5) is 0 Å². The van der Waals surface area contributed by atoms with Gasteiger partial charge in [0.2, 0.25) is 0 Å². The van der Waals surface area contributed by atoms with E-state index in [1.54, 1.807) is 24.3 Å². The van der Waals surface area contributed by atoms with Gasteiger partial charge in [-0.1, -0.05) is 36.2 Å². The maximum absolute atomic E-state index is 12.6. The number of H-pyrrole nitrogens is 1. The minimum Gasteiger partial charge on any atom is -0.353 e. The van der Waals surface area contributed by atoms with Crippen LogP contribution >= 0.6 is 0 Å². The number of hydrogen-bond acceptors (Lipinski definition) is 3. The van der Waals surface area contributed by atoms with Crippen molar-refractivity contribution in [1.82, 2.24) is 9.82 Å². The van der Waals surface area contributed by atoms with Gasteiger partial charge in [0, 0.05) is 10.9 Å². The van der Waals surface area contributed by atoms with Crippen molar-refractivity contribution in [3.05, 3.63) is 64.8 Å². The molecule has 4 rings (SSSR count). The summed E-state index contributed by atoms with van der Waals surface area (Å²) in [5.74, 6) is 0.402. The number of hydrogen-bond donors (Lipinski definition) is 2. The summed E-state index contributed by atoms with van der Waals surface area (Å²) >= 11 is 0. The maximum atomic E-state index is 12.6. The molecular formula is C21H23N3O2S. The molecule has 5 nitrogen and oxygen atoms in total. The normalized spacial score (nSPS) is 18.6. The van der Waals surface area contributed by atoms with E-state index in [1.807, 2.05) is 6.92 Å². The van der Waals surface area contributed by atoms with E-state index in [4.69, 9.17) is 0 Å². The number of aromatic amines is 1. The quantitative estimate of drug-likeness (QED) is 0.672. The zero-order chi connectivity index (χ0) is 19.2. The Bertz CT molecular complexity index is 1140. The van der Waals surface area contributed by atoms with Crippen LogP contribution in [0, 0.1) is 19.8 Å². The minimum atomic E-state index is -3.68. The molecule has 3 aromatic rings. The number of nitrogens with one attached hydrogen (secondary N) is 2. The Labute approximate surface area is 159 Å². The zero-order valence-corrected chi connectivity index (χ0v) is 16.5. The lowest BCUT2D eigenvalue weighted by molar-refractivity contribution is 0.578. The van der Waals surface area contributed by atoms with Gasteiger partial charge in [0.15, 0.2) is 0 Å². The largest absolute Gasteiger partial charge is 0.353 e. The predicted molar refractivity (Wildman–Crippen MR) is 109 cm³/mol. The lowest BCUT2D eigenvalue weighted by Gasteiger charge is -2.20. The lowest BCUT2D eigenvalue weighted by atomic mass is 9.86. The molecule has 140 valence electrons. The summed E-state index contributed by atoms with van der Waals surface area (Å²) in [6.45, 7) is 6.17. The highest BCUT2D eigenvalue weighted by Crippen LogP contribution is 2.32. The minimum absolute atomic E-state index is 0.216. The van der Waals surface area contributed by atoms with E-state index in [9.17, 15) is 8.42 Å². The van der Waals surface area contributed by atoms with Gasteiger partial charge in [-0.25, -0.2) is 0 Å². The zero-order valence-electron chi connectivity index (χ0n) is 15.7. The van der Waals surface area contributed by atoms with E-state index >= 15 is 0 Å². The second-order valence-corrected chi connectivity index (χ2v) is 9.17. The third-order valence-electron chi connectivity index (χ3n) is 5.08. The number of sulfonamides is 1. The van der Waals surface area contributed by atoms with E-state index < -0.39 is 10.0 Å². The van der Waals surface area contributed by atoms with Crippen LogP contribution in [0.1, 0.15) is 35.7 Å². The molecule has 27 heavy (non-hydrogen) atoms. The van der Waals surface area contributed by atoms with Crippen LogP contribution < -0.4 is 4.83 Å². The summed E-state index contributed by atoms with van der Waals surface area (Å²) in [5, 5.41) is 5.51. The summed E-state index contributed by atoms with van der Waals surface area (Å²) in [7, 11) is -3.68. The van der Waals surface area contributed by atoms with Gasteiger partial charge >= 0.3 is 0 Å². The molecule has 1 unspecified atom stereocenters. The molecule has 1 heterocycles. The molecule has 0 radical (unpaired) electrons. The molecule has 0 bridgehead atoms. The van der Waals surface area contributed by atoms with Crippen molar-refractivity contribution in [2.45, 2.75) is 38.5 Å². The van der Waals surface area contributed by atoms with Gasteiger partial charge in [0.05, 0.1) is 16.3 Å². The lowest BCUT2D eigenvalue weighted by Crippen LogP contribution is -2.24. The molecule has 1 atom stereocenters. The fourth-order valence-electron chi connectivity index (χ4n) is 3.66. The Balaban J connectivity index is 1.72. The average molecular weight is 382 g/mol. The highest BCUT2D eigenvalue weighted by Gasteiger charge is 2.25. The maximum Gasteiger partial charge on any atom is 0.276 e. The molecule has 0 saturated carbocycles. The van der Waals surface area contributed by atoms with E-state index in [0.717, 1.165) is 35.3 Å². The highest BCUT2D eigenvalue weighted by atomic mass is 32.2. The number of aryl methyl sites for hydroxylation is 2. The van der Waals surface area contributed by atoms with E-state index in [1.165, 1.54) is 16.5 Å². The Morgan fingerprint density at radius 3 is 2.48 bits per heavy atom. The number of benzene rings is 2. The molecule has 0 amide bonds. The average Bonchev–Trinajstić information content (AvgIpc) is 2.98. The molecule has 0 spiro atoms. The van der Waals surface area contributed by atoms with Crippen LogP contribution in [0.2, 0.25) is 0 Å². The number of aromatic nitrogens is 1. The van der Waals surface area contributed by atoms with Crippen LogP contribution in [-0.4, -0.2) is 19.1 Å². The first kappa shape index (κ1) is 17.8. The molecule has 1 aromatic heterocycles. The molecule has 0 saturated heterocycles. The topological polar surface area (TPSA) is 74.3 Å². The van der Waals surface area contributed by atoms with Crippen molar-refractivity contribution in [3.8, 4) is 0 Å². The number of hydrazone groups is 1. The van der Waals surface area contributed by atoms with Gasteiger partial charge in [-0.15, -0.1) is 0 Å². The second-order valence-electron chi connectivity index (χ2n) is 7.51.